The molecule has 2 heteroatoms. The lowest BCUT2D eigenvalue weighted by Crippen LogP contribution is -2.28. The quantitative estimate of drug-likeness (QED) is 0.149. The second kappa shape index (κ2) is 15.1. The Bertz CT molecular complexity index is 3360. The van der Waals surface area contributed by atoms with E-state index in [1.165, 1.54) is 77.4 Å². The molecule has 0 spiro atoms. The number of hydrogen-bond acceptors (Lipinski definition) is 1. The molecule has 63 heavy (non-hydrogen) atoms. The SMILES string of the molecule is c1ccc(N(c2ccccc2)c2cccc(-c3ccccc3-c3ccc4c5ccccc5n(-c5ccc6c(c5)-c5ccccc5C6(c5ccccc5)c5ccccc5)c4c3)c2)cc1. The molecule has 0 saturated carbocycles. The summed E-state index contributed by atoms with van der Waals surface area (Å²) in [7, 11) is 0. The van der Waals surface area contributed by atoms with Gasteiger partial charge in [-0.25, -0.2) is 0 Å². The third-order valence-corrected chi connectivity index (χ3v) is 13.1. The van der Waals surface area contributed by atoms with Crippen LogP contribution in [0.5, 0.6) is 0 Å². The minimum atomic E-state index is -0.443. The molecule has 1 aromatic heterocycles. The Morgan fingerprint density at radius 3 is 1.48 bits per heavy atom. The molecule has 12 rings (SSSR count). The average Bonchev–Trinajstić information content (AvgIpc) is 3.85. The molecular weight excluding hydrogens is 761 g/mol. The first-order valence-electron chi connectivity index (χ1n) is 21.8. The fourth-order valence-corrected chi connectivity index (χ4v) is 10.4. The fourth-order valence-electron chi connectivity index (χ4n) is 10.4. The molecule has 296 valence electrons. The predicted molar refractivity (Wildman–Crippen MR) is 264 cm³/mol. The number of rotatable bonds is 8. The maximum Gasteiger partial charge on any atom is 0.0713 e. The first kappa shape index (κ1) is 36.6. The van der Waals surface area contributed by atoms with Crippen molar-refractivity contribution < 1.29 is 0 Å². The average molecular weight is 803 g/mol. The molecule has 0 atom stereocenters. The number of nitrogens with zero attached hydrogens (tertiary/aromatic N) is 2. The lowest BCUT2D eigenvalue weighted by Gasteiger charge is -2.33. The highest BCUT2D eigenvalue weighted by Crippen LogP contribution is 2.56. The molecule has 0 radical (unpaired) electrons. The first-order valence-corrected chi connectivity index (χ1v) is 21.8. The standard InChI is InChI=1S/C61H42N2/c1-5-21-45(22-6-1)61(46-23-7-2-8-24-46)57-34-17-15-32-53(57)56-42-50(37-39-58(56)61)63-59-35-18-16-33-54(59)55-38-36-44(41-60(55)63)52-31-14-13-30-51(52)43-20-19-29-49(40-43)62(47-25-9-3-10-26-47)48-27-11-4-12-28-48/h1-42H. The van der Waals surface area contributed by atoms with Crippen LogP contribution in [-0.4, -0.2) is 4.57 Å². The van der Waals surface area contributed by atoms with Crippen LogP contribution in [0, 0.1) is 0 Å². The summed E-state index contributed by atoms with van der Waals surface area (Å²) in [6.07, 6.45) is 0. The minimum absolute atomic E-state index is 0.443. The van der Waals surface area contributed by atoms with Crippen molar-refractivity contribution >= 4 is 38.9 Å². The first-order chi connectivity index (χ1) is 31.3. The van der Waals surface area contributed by atoms with E-state index in [1.54, 1.807) is 0 Å². The van der Waals surface area contributed by atoms with Crippen LogP contribution in [-0.2, 0) is 5.41 Å². The highest BCUT2D eigenvalue weighted by Gasteiger charge is 2.46. The lowest BCUT2D eigenvalue weighted by atomic mass is 9.68. The normalized spacial score (nSPS) is 12.6. The van der Waals surface area contributed by atoms with Gasteiger partial charge in [-0.05, 0) is 116 Å². The number of fused-ring (bicyclic) bond motifs is 6. The van der Waals surface area contributed by atoms with Crippen molar-refractivity contribution in [2.24, 2.45) is 0 Å². The Kier molecular flexibility index (Phi) is 8.76. The third-order valence-electron chi connectivity index (χ3n) is 13.1. The highest BCUT2D eigenvalue weighted by atomic mass is 15.1. The molecule has 1 heterocycles. The van der Waals surface area contributed by atoms with Crippen molar-refractivity contribution in [3.05, 3.63) is 277 Å². The molecule has 0 bridgehead atoms. The van der Waals surface area contributed by atoms with Gasteiger partial charge in [0.05, 0.1) is 16.4 Å². The van der Waals surface area contributed by atoms with E-state index in [2.05, 4.69) is 264 Å². The second-order valence-corrected chi connectivity index (χ2v) is 16.4. The van der Waals surface area contributed by atoms with E-state index in [9.17, 15) is 0 Å². The van der Waals surface area contributed by atoms with Crippen LogP contribution in [0.15, 0.2) is 255 Å². The summed E-state index contributed by atoms with van der Waals surface area (Å²) in [4.78, 5) is 2.33. The summed E-state index contributed by atoms with van der Waals surface area (Å²) in [6, 6.07) is 93.1. The van der Waals surface area contributed by atoms with E-state index in [0.29, 0.717) is 0 Å². The van der Waals surface area contributed by atoms with Gasteiger partial charge in [-0.3, -0.25) is 0 Å². The van der Waals surface area contributed by atoms with Crippen molar-refractivity contribution in [1.82, 2.24) is 4.57 Å². The molecule has 0 amide bonds. The summed E-state index contributed by atoms with van der Waals surface area (Å²) >= 11 is 0. The van der Waals surface area contributed by atoms with Crippen LogP contribution in [0.25, 0.3) is 60.9 Å². The van der Waals surface area contributed by atoms with Gasteiger partial charge in [-0.15, -0.1) is 0 Å². The van der Waals surface area contributed by atoms with Crippen molar-refractivity contribution in [2.75, 3.05) is 4.90 Å². The maximum absolute atomic E-state index is 2.48. The summed E-state index contributed by atoms with van der Waals surface area (Å²) in [6.45, 7) is 0. The maximum atomic E-state index is 2.48. The van der Waals surface area contributed by atoms with E-state index in [1.807, 2.05) is 0 Å². The number of para-hydroxylation sites is 3. The monoisotopic (exact) mass is 802 g/mol. The van der Waals surface area contributed by atoms with Gasteiger partial charge in [-0.1, -0.05) is 194 Å². The smallest absolute Gasteiger partial charge is 0.0713 e. The molecule has 11 aromatic rings. The van der Waals surface area contributed by atoms with Gasteiger partial charge < -0.3 is 9.47 Å². The zero-order chi connectivity index (χ0) is 41.7. The van der Waals surface area contributed by atoms with Crippen molar-refractivity contribution in [3.63, 3.8) is 0 Å². The largest absolute Gasteiger partial charge is 0.310 e. The second-order valence-electron chi connectivity index (χ2n) is 16.4. The number of benzene rings is 10. The zero-order valence-electron chi connectivity index (χ0n) is 34.6. The Balaban J connectivity index is 1.03. The van der Waals surface area contributed by atoms with Gasteiger partial charge in [-0.2, -0.15) is 0 Å². The Labute approximate surface area is 368 Å². The molecule has 0 aliphatic heterocycles. The Hall–Kier alpha value is -8.20. The molecule has 1 aliphatic rings. The van der Waals surface area contributed by atoms with Gasteiger partial charge in [0.1, 0.15) is 0 Å². The number of anilines is 3. The van der Waals surface area contributed by atoms with Gasteiger partial charge in [0.15, 0.2) is 0 Å². The van der Waals surface area contributed by atoms with Gasteiger partial charge in [0.25, 0.3) is 0 Å². The molecule has 2 nitrogen and oxygen atoms in total. The van der Waals surface area contributed by atoms with Crippen LogP contribution in [0.2, 0.25) is 0 Å². The number of aromatic nitrogens is 1. The van der Waals surface area contributed by atoms with Crippen LogP contribution in [0.4, 0.5) is 17.1 Å². The Morgan fingerprint density at radius 2 is 0.810 bits per heavy atom. The molecule has 0 saturated heterocycles. The fraction of sp³-hybridized carbons (Fsp3) is 0.0164. The van der Waals surface area contributed by atoms with Crippen molar-refractivity contribution in [3.8, 4) is 39.1 Å². The summed E-state index contributed by atoms with van der Waals surface area (Å²) in [5, 5.41) is 2.48. The van der Waals surface area contributed by atoms with Crippen LogP contribution < -0.4 is 4.90 Å². The van der Waals surface area contributed by atoms with Gasteiger partial charge in [0.2, 0.25) is 0 Å². The summed E-state index contributed by atoms with van der Waals surface area (Å²) in [5.41, 5.74) is 18.8. The molecule has 0 fully saturated rings. The van der Waals surface area contributed by atoms with E-state index in [-0.39, 0.29) is 0 Å². The van der Waals surface area contributed by atoms with Gasteiger partial charge in [0, 0.05) is 33.5 Å². The van der Waals surface area contributed by atoms with E-state index >= 15 is 0 Å². The topological polar surface area (TPSA) is 8.17 Å². The van der Waals surface area contributed by atoms with Crippen molar-refractivity contribution in [2.45, 2.75) is 5.41 Å². The van der Waals surface area contributed by atoms with Crippen LogP contribution in [0.3, 0.4) is 0 Å². The van der Waals surface area contributed by atoms with Crippen molar-refractivity contribution in [1.29, 1.82) is 0 Å². The Morgan fingerprint density at radius 1 is 0.302 bits per heavy atom. The molecule has 0 N–H and O–H groups in total. The van der Waals surface area contributed by atoms with Gasteiger partial charge >= 0.3 is 0 Å². The predicted octanol–water partition coefficient (Wildman–Crippen LogP) is 16.0. The lowest BCUT2D eigenvalue weighted by molar-refractivity contribution is 0.768. The van der Waals surface area contributed by atoms with E-state index < -0.39 is 5.41 Å². The number of hydrogen-bond donors (Lipinski definition) is 0. The van der Waals surface area contributed by atoms with Crippen LogP contribution >= 0.6 is 0 Å². The third kappa shape index (κ3) is 5.87. The summed E-state index contributed by atoms with van der Waals surface area (Å²) < 4.78 is 2.48. The zero-order valence-corrected chi connectivity index (χ0v) is 34.6. The van der Waals surface area contributed by atoms with Crippen LogP contribution in [0.1, 0.15) is 22.3 Å². The highest BCUT2D eigenvalue weighted by molar-refractivity contribution is 6.10. The molecule has 10 aromatic carbocycles. The molecule has 0 unspecified atom stereocenters. The minimum Gasteiger partial charge on any atom is -0.310 e. The molecular formula is C61H42N2. The molecule has 1 aliphatic carbocycles. The van der Waals surface area contributed by atoms with E-state index in [0.717, 1.165) is 22.7 Å². The summed E-state index contributed by atoms with van der Waals surface area (Å²) in [5.74, 6) is 0. The van der Waals surface area contributed by atoms with E-state index in [4.69, 9.17) is 0 Å².